The summed E-state index contributed by atoms with van der Waals surface area (Å²) in [6.07, 6.45) is 4.88. The van der Waals surface area contributed by atoms with Crippen LogP contribution in [0.15, 0.2) is 0 Å². The Morgan fingerprint density at radius 1 is 1.32 bits per heavy atom. The smallest absolute Gasteiger partial charge is 0.221 e. The Morgan fingerprint density at radius 2 is 1.89 bits per heavy atom. The topological polar surface area (TPSA) is 75.4 Å². The van der Waals surface area contributed by atoms with Crippen LogP contribution in [-0.4, -0.2) is 29.7 Å². The molecule has 4 heteroatoms. The van der Waals surface area contributed by atoms with E-state index >= 15 is 0 Å². The molecule has 0 bridgehead atoms. The maximum Gasteiger partial charge on any atom is 0.221 e. The standard InChI is InChI=1S/C15H30N2O2/c1-15(2,3)9-12(16)8-14(19)17-10-11-4-6-13(18)7-5-11/h11-13,18H,4-10,16H2,1-3H3,(H,17,19). The molecule has 1 unspecified atom stereocenters. The van der Waals surface area contributed by atoms with Crippen molar-refractivity contribution in [2.75, 3.05) is 6.54 Å². The normalized spacial score (nSPS) is 25.9. The molecule has 19 heavy (non-hydrogen) atoms. The van der Waals surface area contributed by atoms with Gasteiger partial charge in [-0.15, -0.1) is 0 Å². The van der Waals surface area contributed by atoms with Crippen LogP contribution in [0.4, 0.5) is 0 Å². The molecule has 1 fully saturated rings. The molecule has 0 heterocycles. The second kappa shape index (κ2) is 7.25. The average Bonchev–Trinajstić information content (AvgIpc) is 2.25. The Hall–Kier alpha value is -0.610. The molecular formula is C15H30N2O2. The third-order valence-corrected chi connectivity index (χ3v) is 3.73. The van der Waals surface area contributed by atoms with Gasteiger partial charge in [0.25, 0.3) is 0 Å². The van der Waals surface area contributed by atoms with Gasteiger partial charge in [-0.2, -0.15) is 0 Å². The predicted molar refractivity (Wildman–Crippen MR) is 77.6 cm³/mol. The van der Waals surface area contributed by atoms with Gasteiger partial charge in [0.15, 0.2) is 0 Å². The van der Waals surface area contributed by atoms with Crippen LogP contribution in [0.5, 0.6) is 0 Å². The summed E-state index contributed by atoms with van der Waals surface area (Å²) in [5.41, 5.74) is 6.16. The highest BCUT2D eigenvalue weighted by atomic mass is 16.3. The highest BCUT2D eigenvalue weighted by molar-refractivity contribution is 5.76. The average molecular weight is 270 g/mol. The van der Waals surface area contributed by atoms with E-state index in [4.69, 9.17) is 5.73 Å². The molecule has 1 saturated carbocycles. The van der Waals surface area contributed by atoms with Crippen molar-refractivity contribution in [2.45, 2.75) is 71.4 Å². The minimum Gasteiger partial charge on any atom is -0.393 e. The molecule has 4 N–H and O–H groups in total. The monoisotopic (exact) mass is 270 g/mol. The summed E-state index contributed by atoms with van der Waals surface area (Å²) in [5, 5.41) is 12.4. The minimum absolute atomic E-state index is 0.0582. The fraction of sp³-hybridized carbons (Fsp3) is 0.933. The second-order valence-corrected chi connectivity index (χ2v) is 7.21. The molecule has 0 spiro atoms. The van der Waals surface area contributed by atoms with E-state index in [0.29, 0.717) is 12.3 Å². The van der Waals surface area contributed by atoms with Crippen molar-refractivity contribution in [1.82, 2.24) is 5.32 Å². The minimum atomic E-state index is -0.132. The summed E-state index contributed by atoms with van der Waals surface area (Å²) in [5.74, 6) is 0.578. The van der Waals surface area contributed by atoms with Gasteiger partial charge in [-0.25, -0.2) is 0 Å². The first-order valence-corrected chi connectivity index (χ1v) is 7.46. The summed E-state index contributed by atoms with van der Waals surface area (Å²) in [4.78, 5) is 11.8. The summed E-state index contributed by atoms with van der Waals surface area (Å²) in [7, 11) is 0. The highest BCUT2D eigenvalue weighted by Gasteiger charge is 2.21. The van der Waals surface area contributed by atoms with Crippen molar-refractivity contribution in [3.05, 3.63) is 0 Å². The largest absolute Gasteiger partial charge is 0.393 e. The van der Waals surface area contributed by atoms with Gasteiger partial charge in [-0.05, 0) is 43.4 Å². The van der Waals surface area contributed by atoms with Crippen LogP contribution >= 0.6 is 0 Å². The molecule has 1 aliphatic rings. The molecule has 0 aromatic rings. The van der Waals surface area contributed by atoms with Crippen LogP contribution in [0, 0.1) is 11.3 Å². The van der Waals surface area contributed by atoms with Gasteiger partial charge in [-0.1, -0.05) is 20.8 Å². The molecule has 1 rings (SSSR count). The lowest BCUT2D eigenvalue weighted by Crippen LogP contribution is -2.37. The molecule has 4 nitrogen and oxygen atoms in total. The number of aliphatic hydroxyl groups is 1. The van der Waals surface area contributed by atoms with E-state index in [9.17, 15) is 9.90 Å². The quantitative estimate of drug-likeness (QED) is 0.713. The molecule has 0 saturated heterocycles. The van der Waals surface area contributed by atoms with E-state index in [1.807, 2.05) is 0 Å². The van der Waals surface area contributed by atoms with Gasteiger partial charge < -0.3 is 16.2 Å². The van der Waals surface area contributed by atoms with Crippen LogP contribution in [0.1, 0.15) is 59.3 Å². The summed E-state index contributed by atoms with van der Waals surface area (Å²) in [6, 6.07) is -0.0619. The predicted octanol–water partition coefficient (Wildman–Crippen LogP) is 1.81. The van der Waals surface area contributed by atoms with Crippen molar-refractivity contribution < 1.29 is 9.90 Å². The molecule has 1 atom stereocenters. The van der Waals surface area contributed by atoms with Crippen LogP contribution in [0.2, 0.25) is 0 Å². The van der Waals surface area contributed by atoms with E-state index in [1.54, 1.807) is 0 Å². The third-order valence-electron chi connectivity index (χ3n) is 3.73. The van der Waals surface area contributed by atoms with Crippen LogP contribution < -0.4 is 11.1 Å². The van der Waals surface area contributed by atoms with Gasteiger partial charge in [0, 0.05) is 19.0 Å². The number of amides is 1. The first-order chi connectivity index (χ1) is 8.76. The molecule has 1 aliphatic carbocycles. The second-order valence-electron chi connectivity index (χ2n) is 7.21. The number of rotatable bonds is 5. The summed E-state index contributed by atoms with van der Waals surface area (Å²) in [6.45, 7) is 7.14. The number of carbonyl (C=O) groups is 1. The SMILES string of the molecule is CC(C)(C)CC(N)CC(=O)NCC1CCC(O)CC1. The van der Waals surface area contributed by atoms with Crippen molar-refractivity contribution in [2.24, 2.45) is 17.1 Å². The van der Waals surface area contributed by atoms with Crippen LogP contribution in [0.25, 0.3) is 0 Å². The fourth-order valence-corrected chi connectivity index (χ4v) is 2.78. The van der Waals surface area contributed by atoms with Crippen molar-refractivity contribution in [1.29, 1.82) is 0 Å². The Balaban J connectivity index is 2.17. The Bertz CT molecular complexity index is 278. The molecule has 0 aromatic carbocycles. The van der Waals surface area contributed by atoms with Gasteiger partial charge in [0.2, 0.25) is 5.91 Å². The first kappa shape index (κ1) is 16.4. The van der Waals surface area contributed by atoms with E-state index in [-0.39, 0.29) is 23.5 Å². The van der Waals surface area contributed by atoms with Crippen LogP contribution in [-0.2, 0) is 4.79 Å². The Labute approximate surface area is 117 Å². The van der Waals surface area contributed by atoms with E-state index in [0.717, 1.165) is 38.6 Å². The first-order valence-electron chi connectivity index (χ1n) is 7.46. The van der Waals surface area contributed by atoms with Gasteiger partial charge in [0.1, 0.15) is 0 Å². The van der Waals surface area contributed by atoms with Crippen LogP contribution in [0.3, 0.4) is 0 Å². The number of hydrogen-bond acceptors (Lipinski definition) is 3. The summed E-state index contributed by atoms with van der Waals surface area (Å²) >= 11 is 0. The molecule has 0 aliphatic heterocycles. The lowest BCUT2D eigenvalue weighted by Gasteiger charge is -2.26. The van der Waals surface area contributed by atoms with Gasteiger partial charge >= 0.3 is 0 Å². The zero-order valence-corrected chi connectivity index (χ0v) is 12.6. The lowest BCUT2D eigenvalue weighted by molar-refractivity contribution is -0.121. The number of carbonyl (C=O) groups excluding carboxylic acids is 1. The zero-order valence-electron chi connectivity index (χ0n) is 12.6. The zero-order chi connectivity index (χ0) is 14.5. The molecule has 112 valence electrons. The maximum atomic E-state index is 11.8. The fourth-order valence-electron chi connectivity index (χ4n) is 2.78. The number of hydrogen-bond donors (Lipinski definition) is 3. The highest BCUT2D eigenvalue weighted by Crippen LogP contribution is 2.23. The number of aliphatic hydroxyl groups excluding tert-OH is 1. The lowest BCUT2D eigenvalue weighted by atomic mass is 9.86. The van der Waals surface area contributed by atoms with Gasteiger partial charge in [0.05, 0.1) is 6.10 Å². The Kier molecular flexibility index (Phi) is 6.27. The number of nitrogens with one attached hydrogen (secondary N) is 1. The maximum absolute atomic E-state index is 11.8. The van der Waals surface area contributed by atoms with Crippen molar-refractivity contribution in [3.8, 4) is 0 Å². The molecule has 1 amide bonds. The van der Waals surface area contributed by atoms with Crippen molar-refractivity contribution >= 4 is 5.91 Å². The van der Waals surface area contributed by atoms with E-state index in [1.165, 1.54) is 0 Å². The summed E-state index contributed by atoms with van der Waals surface area (Å²) < 4.78 is 0. The third kappa shape index (κ3) is 7.53. The molecule has 0 aromatic heterocycles. The van der Waals surface area contributed by atoms with Gasteiger partial charge in [-0.3, -0.25) is 4.79 Å². The Morgan fingerprint density at radius 3 is 2.42 bits per heavy atom. The van der Waals surface area contributed by atoms with Crippen molar-refractivity contribution in [3.63, 3.8) is 0 Å². The molecular weight excluding hydrogens is 240 g/mol. The molecule has 0 radical (unpaired) electrons. The van der Waals surface area contributed by atoms with E-state index in [2.05, 4.69) is 26.1 Å². The van der Waals surface area contributed by atoms with E-state index < -0.39 is 0 Å². The number of nitrogens with two attached hydrogens (primary N) is 1.